The van der Waals surface area contributed by atoms with E-state index in [-0.39, 0.29) is 23.9 Å². The number of aliphatic hydroxyl groups excluding tert-OH is 2. The topological polar surface area (TPSA) is 124 Å². The van der Waals surface area contributed by atoms with Crippen LogP contribution in [0.25, 0.3) is 0 Å². The Kier molecular flexibility index (Phi) is 13.5. The Balaban J connectivity index is 0.000000177. The summed E-state index contributed by atoms with van der Waals surface area (Å²) in [4.78, 5) is 27.0. The highest BCUT2D eigenvalue weighted by Gasteiger charge is 2.27. The molecule has 2 saturated carbocycles. The highest BCUT2D eigenvalue weighted by Crippen LogP contribution is 2.35. The average Bonchev–Trinajstić information content (AvgIpc) is 4.14. The van der Waals surface area contributed by atoms with Gasteiger partial charge in [0, 0.05) is 53.1 Å². The van der Waals surface area contributed by atoms with Gasteiger partial charge in [0.2, 0.25) is 11.8 Å². The van der Waals surface area contributed by atoms with Crippen molar-refractivity contribution in [3.63, 3.8) is 0 Å². The van der Waals surface area contributed by atoms with E-state index in [1.807, 2.05) is 38.1 Å². The van der Waals surface area contributed by atoms with Crippen LogP contribution in [0.2, 0.25) is 0 Å². The Hall–Kier alpha value is -4.74. The van der Waals surface area contributed by atoms with E-state index in [4.69, 9.17) is 9.47 Å². The number of nitrogens with one attached hydrogen (secondary N) is 2. The molecule has 308 valence electrons. The molecule has 0 unspecified atom stereocenters. The third-order valence-corrected chi connectivity index (χ3v) is 11.6. The van der Waals surface area contributed by atoms with Gasteiger partial charge in [-0.2, -0.15) is 0 Å². The van der Waals surface area contributed by atoms with E-state index in [0.717, 1.165) is 85.0 Å². The molecule has 0 bridgehead atoms. The molecule has 4 aromatic rings. The largest absolute Gasteiger partial charge is 0.493 e. The van der Waals surface area contributed by atoms with Crippen LogP contribution >= 0.6 is 0 Å². The summed E-state index contributed by atoms with van der Waals surface area (Å²) in [5.41, 5.74) is 8.89. The Morgan fingerprint density at radius 3 is 1.34 bits per heavy atom. The van der Waals surface area contributed by atoms with Crippen molar-refractivity contribution < 1.29 is 29.3 Å². The number of β-amino-alcohol motifs (C(OH)–C–C–N with tert-alkyl or cyclic N) is 2. The summed E-state index contributed by atoms with van der Waals surface area (Å²) in [5, 5.41) is 27.2. The first-order valence-corrected chi connectivity index (χ1v) is 21.0. The van der Waals surface area contributed by atoms with Crippen LogP contribution in [0.5, 0.6) is 11.5 Å². The predicted molar refractivity (Wildman–Crippen MR) is 225 cm³/mol. The summed E-state index contributed by atoms with van der Waals surface area (Å²) < 4.78 is 11.7. The lowest BCUT2D eigenvalue weighted by Crippen LogP contribution is -2.33. The molecule has 2 amide bonds. The second kappa shape index (κ2) is 18.9. The van der Waals surface area contributed by atoms with Crippen molar-refractivity contribution in [1.29, 1.82) is 0 Å². The molecule has 0 saturated heterocycles. The molecule has 4 atom stereocenters. The summed E-state index contributed by atoms with van der Waals surface area (Å²) >= 11 is 0. The van der Waals surface area contributed by atoms with Crippen molar-refractivity contribution in [2.45, 2.75) is 104 Å². The number of hydrogen-bond donors (Lipinski definition) is 4. The van der Waals surface area contributed by atoms with Crippen LogP contribution < -0.4 is 20.1 Å². The quantitative estimate of drug-likeness (QED) is 0.104. The van der Waals surface area contributed by atoms with Crippen LogP contribution in [-0.4, -0.2) is 58.1 Å². The Morgan fingerprint density at radius 1 is 0.621 bits per heavy atom. The predicted octanol–water partition coefficient (Wildman–Crippen LogP) is 7.44. The summed E-state index contributed by atoms with van der Waals surface area (Å²) in [7, 11) is 0. The maximum Gasteiger partial charge on any atom is 0.217 e. The number of hydrogen-bond acceptors (Lipinski definition) is 8. The Labute approximate surface area is 343 Å². The van der Waals surface area contributed by atoms with Gasteiger partial charge in [-0.15, -0.1) is 0 Å². The number of ether oxygens (including phenoxy) is 2. The normalized spacial score (nSPS) is 20.0. The van der Waals surface area contributed by atoms with Gasteiger partial charge in [0.15, 0.2) is 0 Å². The molecule has 8 rings (SSSR count). The number of aliphatic hydroxyl groups is 2. The molecule has 4 aliphatic rings. The highest BCUT2D eigenvalue weighted by molar-refractivity contribution is 5.73. The first-order valence-electron chi connectivity index (χ1n) is 21.0. The lowest BCUT2D eigenvalue weighted by molar-refractivity contribution is -0.120. The summed E-state index contributed by atoms with van der Waals surface area (Å²) in [6.07, 6.45) is 4.10. The van der Waals surface area contributed by atoms with E-state index >= 15 is 0 Å². The minimum absolute atomic E-state index is 0.00145. The number of carbonyl (C=O) groups is 2. The smallest absolute Gasteiger partial charge is 0.217 e. The molecular formula is C48H60N4O6. The van der Waals surface area contributed by atoms with Crippen molar-refractivity contribution in [2.75, 3.05) is 26.3 Å². The number of rotatable bonds is 14. The van der Waals surface area contributed by atoms with E-state index in [9.17, 15) is 19.8 Å². The van der Waals surface area contributed by atoms with Crippen molar-refractivity contribution in [3.05, 3.63) is 129 Å². The number of amides is 2. The van der Waals surface area contributed by atoms with Gasteiger partial charge < -0.3 is 30.3 Å². The Morgan fingerprint density at radius 2 is 1.00 bits per heavy atom. The monoisotopic (exact) mass is 788 g/mol. The molecule has 58 heavy (non-hydrogen) atoms. The molecule has 2 fully saturated rings. The van der Waals surface area contributed by atoms with Gasteiger partial charge in [-0.05, 0) is 120 Å². The first-order chi connectivity index (χ1) is 27.9. The van der Waals surface area contributed by atoms with Crippen LogP contribution in [0.1, 0.15) is 122 Å². The molecule has 2 aliphatic carbocycles. The van der Waals surface area contributed by atoms with Crippen LogP contribution in [0.15, 0.2) is 84.9 Å². The van der Waals surface area contributed by atoms with E-state index in [0.29, 0.717) is 13.1 Å². The van der Waals surface area contributed by atoms with Gasteiger partial charge in [0.05, 0.1) is 37.5 Å². The third kappa shape index (κ3) is 11.7. The van der Waals surface area contributed by atoms with E-state index in [1.54, 1.807) is 0 Å². The zero-order chi connectivity index (χ0) is 40.8. The maximum absolute atomic E-state index is 11.2. The molecule has 4 N–H and O–H groups in total. The fourth-order valence-electron chi connectivity index (χ4n) is 7.89. The van der Waals surface area contributed by atoms with Crippen LogP contribution in [-0.2, 0) is 35.8 Å². The highest BCUT2D eigenvalue weighted by atomic mass is 16.5. The van der Waals surface area contributed by atoms with Crippen molar-refractivity contribution in [3.8, 4) is 11.5 Å². The van der Waals surface area contributed by atoms with Crippen molar-refractivity contribution >= 4 is 11.8 Å². The number of carbonyl (C=O) groups excluding carboxylic acids is 2. The SMILES string of the molecule is CC(=O)N[C@@H](C)c1ccc(CN2Cc3ccc(OCC4CC4)cc3[C@@H](O)C2)cc1.CC(=O)N[C@@H](C)c1ccc(CN2Cc3ccc(OCC4CC4)cc3[C@H](O)C2)cc1. The maximum atomic E-state index is 11.2. The molecule has 2 heterocycles. The molecule has 10 nitrogen and oxygen atoms in total. The van der Waals surface area contributed by atoms with Crippen LogP contribution in [0.4, 0.5) is 0 Å². The van der Waals surface area contributed by atoms with Gasteiger partial charge in [-0.3, -0.25) is 19.4 Å². The Bertz CT molecular complexity index is 1870. The molecule has 10 heteroatoms. The fourth-order valence-corrected chi connectivity index (χ4v) is 7.89. The lowest BCUT2D eigenvalue weighted by atomic mass is 9.96. The van der Waals surface area contributed by atoms with E-state index in [1.165, 1.54) is 61.8 Å². The summed E-state index contributed by atoms with van der Waals surface area (Å²) in [6.45, 7) is 13.0. The van der Waals surface area contributed by atoms with Gasteiger partial charge in [-0.1, -0.05) is 60.7 Å². The van der Waals surface area contributed by atoms with Crippen LogP contribution in [0.3, 0.4) is 0 Å². The minimum atomic E-state index is -0.498. The van der Waals surface area contributed by atoms with Crippen molar-refractivity contribution in [1.82, 2.24) is 20.4 Å². The van der Waals surface area contributed by atoms with Gasteiger partial charge in [0.1, 0.15) is 11.5 Å². The van der Waals surface area contributed by atoms with E-state index in [2.05, 4.69) is 81.1 Å². The standard InChI is InChI=1S/2C24H30N2O3/c2*1-16(25-17(2)27)20-7-5-18(6-8-20)12-26-13-21-9-10-22(29-15-19-3-4-19)11-23(21)24(28)14-26/h2*5-11,16,19,24,28H,3-4,12-15H2,1-2H3,(H,25,27)/t16-,24+;16-,24-/m00/s1. The number of fused-ring (bicyclic) bond motifs is 2. The average molecular weight is 789 g/mol. The second-order valence-corrected chi connectivity index (χ2v) is 16.9. The summed E-state index contributed by atoms with van der Waals surface area (Å²) in [5.74, 6) is 3.13. The third-order valence-electron chi connectivity index (χ3n) is 11.6. The zero-order valence-corrected chi connectivity index (χ0v) is 34.5. The zero-order valence-electron chi connectivity index (χ0n) is 34.5. The summed E-state index contributed by atoms with van der Waals surface area (Å²) in [6, 6.07) is 28.9. The molecular weight excluding hydrogens is 729 g/mol. The minimum Gasteiger partial charge on any atom is -0.493 e. The lowest BCUT2D eigenvalue weighted by Gasteiger charge is -2.32. The fraction of sp³-hybridized carbons (Fsp3) is 0.458. The van der Waals surface area contributed by atoms with Gasteiger partial charge in [-0.25, -0.2) is 0 Å². The van der Waals surface area contributed by atoms with E-state index < -0.39 is 12.2 Å². The molecule has 4 aromatic carbocycles. The molecule has 0 spiro atoms. The number of nitrogens with zero attached hydrogens (tertiary/aromatic N) is 2. The van der Waals surface area contributed by atoms with Crippen molar-refractivity contribution in [2.24, 2.45) is 11.8 Å². The molecule has 2 aliphatic heterocycles. The first kappa shape index (κ1) is 41.4. The van der Waals surface area contributed by atoms with Gasteiger partial charge >= 0.3 is 0 Å². The second-order valence-electron chi connectivity index (χ2n) is 16.9. The van der Waals surface area contributed by atoms with Crippen LogP contribution in [0, 0.1) is 11.8 Å². The molecule has 0 aromatic heterocycles. The number of benzene rings is 4. The molecule has 0 radical (unpaired) electrons. The van der Waals surface area contributed by atoms with Gasteiger partial charge in [0.25, 0.3) is 0 Å².